The molecule has 7 heteroatoms. The van der Waals surface area contributed by atoms with Gasteiger partial charge in [-0.3, -0.25) is 9.59 Å². The van der Waals surface area contributed by atoms with E-state index in [1.54, 1.807) is 15.9 Å². The van der Waals surface area contributed by atoms with Crippen LogP contribution in [0.4, 0.5) is 5.69 Å². The van der Waals surface area contributed by atoms with E-state index < -0.39 is 34.4 Å². The normalized spacial score (nSPS) is 35.3. The second kappa shape index (κ2) is 6.00. The van der Waals surface area contributed by atoms with E-state index in [2.05, 4.69) is 11.9 Å². The zero-order chi connectivity index (χ0) is 23.6. The Bertz CT molecular complexity index is 1150. The van der Waals surface area contributed by atoms with E-state index in [9.17, 15) is 14.7 Å². The molecule has 0 radical (unpaired) electrons. The number of carbonyl (C=O) groups excluding carboxylic acids is 2. The van der Waals surface area contributed by atoms with Crippen LogP contribution in [0.5, 0.6) is 5.75 Å². The molecule has 3 saturated heterocycles. The summed E-state index contributed by atoms with van der Waals surface area (Å²) in [5.41, 5.74) is -1.59. The van der Waals surface area contributed by atoms with Crippen molar-refractivity contribution in [2.45, 2.75) is 75.9 Å². The van der Waals surface area contributed by atoms with Crippen LogP contribution in [0.15, 0.2) is 30.9 Å². The average molecular weight is 450 g/mol. The Morgan fingerprint density at radius 1 is 1.24 bits per heavy atom. The number of amides is 2. The van der Waals surface area contributed by atoms with Crippen LogP contribution in [0.3, 0.4) is 0 Å². The number of benzene rings is 1. The summed E-state index contributed by atoms with van der Waals surface area (Å²) in [5.74, 6) is 0.569. The molecule has 7 nitrogen and oxygen atoms in total. The van der Waals surface area contributed by atoms with Gasteiger partial charge in [-0.15, -0.1) is 6.58 Å². The van der Waals surface area contributed by atoms with Crippen molar-refractivity contribution in [3.63, 3.8) is 0 Å². The number of fused-ring (bicyclic) bond motifs is 7. The first-order valence-electron chi connectivity index (χ1n) is 11.8. The van der Waals surface area contributed by atoms with Crippen LogP contribution in [0.1, 0.15) is 58.1 Å². The summed E-state index contributed by atoms with van der Waals surface area (Å²) in [5, 5.41) is 16.1. The van der Waals surface area contributed by atoms with Crippen LogP contribution in [-0.2, 0) is 15.2 Å². The summed E-state index contributed by atoms with van der Waals surface area (Å²) in [6, 6.07) is 2.69. The molecular weight excluding hydrogens is 418 g/mol. The molecule has 2 N–H and O–H groups in total. The van der Waals surface area contributed by atoms with Gasteiger partial charge in [0, 0.05) is 41.3 Å². The number of hydrogen-bond acceptors (Lipinski definition) is 5. The molecule has 0 spiro atoms. The minimum atomic E-state index is -1.47. The zero-order valence-electron chi connectivity index (χ0n) is 19.6. The third kappa shape index (κ3) is 2.29. The summed E-state index contributed by atoms with van der Waals surface area (Å²) in [6.07, 6.45) is 7.41. The van der Waals surface area contributed by atoms with Crippen molar-refractivity contribution in [3.05, 3.63) is 42.0 Å². The summed E-state index contributed by atoms with van der Waals surface area (Å²) >= 11 is 0. The van der Waals surface area contributed by atoms with Gasteiger partial charge < -0.3 is 25.0 Å². The van der Waals surface area contributed by atoms with Crippen molar-refractivity contribution in [2.24, 2.45) is 5.41 Å². The predicted octanol–water partition coefficient (Wildman–Crippen LogP) is 3.00. The number of carbonyl (C=O) groups is 2. The highest BCUT2D eigenvalue weighted by molar-refractivity contribution is 6.00. The van der Waals surface area contributed by atoms with E-state index in [-0.39, 0.29) is 18.2 Å². The quantitative estimate of drug-likeness (QED) is 0.679. The molecule has 1 aromatic carbocycles. The Hall–Kier alpha value is -2.80. The second-order valence-electron chi connectivity index (χ2n) is 11.2. The van der Waals surface area contributed by atoms with Gasteiger partial charge in [0.15, 0.2) is 5.66 Å². The Balaban J connectivity index is 1.57. The molecule has 2 amide bonds. The summed E-state index contributed by atoms with van der Waals surface area (Å²) < 4.78 is 6.18. The Morgan fingerprint density at radius 2 is 2.00 bits per heavy atom. The molecule has 6 rings (SSSR count). The van der Waals surface area contributed by atoms with Crippen molar-refractivity contribution < 1.29 is 19.4 Å². The Labute approximate surface area is 194 Å². The fraction of sp³-hybridized carbons (Fsp3) is 0.538. The zero-order valence-corrected chi connectivity index (χ0v) is 19.6. The molecule has 0 saturated carbocycles. The lowest BCUT2D eigenvalue weighted by Gasteiger charge is -2.54. The van der Waals surface area contributed by atoms with Crippen LogP contribution < -0.4 is 10.1 Å². The van der Waals surface area contributed by atoms with E-state index >= 15 is 0 Å². The summed E-state index contributed by atoms with van der Waals surface area (Å²) in [4.78, 5) is 30.8. The molecule has 1 aromatic rings. The van der Waals surface area contributed by atoms with Gasteiger partial charge in [0.2, 0.25) is 11.8 Å². The maximum absolute atomic E-state index is 13.9. The lowest BCUT2D eigenvalue weighted by atomic mass is 9.68. The largest absolute Gasteiger partial charge is 0.483 e. The van der Waals surface area contributed by atoms with Crippen LogP contribution >= 0.6 is 0 Å². The van der Waals surface area contributed by atoms with Crippen molar-refractivity contribution >= 4 is 23.6 Å². The lowest BCUT2D eigenvalue weighted by Crippen LogP contribution is -2.73. The van der Waals surface area contributed by atoms with Crippen LogP contribution in [0, 0.1) is 5.41 Å². The number of nitrogens with one attached hydrogen (secondary N) is 1. The van der Waals surface area contributed by atoms with Crippen molar-refractivity contribution in [1.29, 1.82) is 0 Å². The van der Waals surface area contributed by atoms with Crippen molar-refractivity contribution in [1.82, 2.24) is 9.80 Å². The second-order valence-corrected chi connectivity index (χ2v) is 11.2. The molecule has 4 atom stereocenters. The number of nitrogens with zero attached hydrogens (tertiary/aromatic N) is 2. The predicted molar refractivity (Wildman–Crippen MR) is 124 cm³/mol. The smallest absolute Gasteiger partial charge is 0.248 e. The van der Waals surface area contributed by atoms with Gasteiger partial charge in [-0.25, -0.2) is 0 Å². The van der Waals surface area contributed by atoms with E-state index in [0.717, 1.165) is 23.4 Å². The molecule has 3 fully saturated rings. The van der Waals surface area contributed by atoms with Gasteiger partial charge in [-0.05, 0) is 38.8 Å². The average Bonchev–Trinajstić information content (AvgIpc) is 3.40. The standard InChI is InChI=1S/C26H31N3O4/c1-6-23(2,3)26-25(32,14-19-21(30)28-11-7-8-18(28)22(31)29(19)26)16-12-15-9-10-24(4,5)33-20(15)13-17(16)27-26/h6,9-10,12-13,18-19,27,32H,1,7-8,11,14H2,2-5H3. The molecular formula is C26H31N3O4. The SMILES string of the molecule is C=CC(C)(C)C12Nc3cc4c(cc3C1(O)CC1C(=O)N3CCCC3C(=O)N12)C=CC(C)(C)O4. The highest BCUT2D eigenvalue weighted by Gasteiger charge is 2.76. The lowest BCUT2D eigenvalue weighted by molar-refractivity contribution is -0.169. The topological polar surface area (TPSA) is 82.1 Å². The fourth-order valence-electron chi connectivity index (χ4n) is 6.79. The molecule has 4 unspecified atom stereocenters. The van der Waals surface area contributed by atoms with E-state index in [0.29, 0.717) is 18.5 Å². The maximum Gasteiger partial charge on any atom is 0.248 e. The van der Waals surface area contributed by atoms with Gasteiger partial charge in [0.25, 0.3) is 0 Å². The number of aliphatic hydroxyl groups is 1. The molecule has 0 aliphatic carbocycles. The molecule has 5 aliphatic rings. The van der Waals surface area contributed by atoms with E-state index in [4.69, 9.17) is 4.74 Å². The van der Waals surface area contributed by atoms with Gasteiger partial charge >= 0.3 is 0 Å². The highest BCUT2D eigenvalue weighted by Crippen LogP contribution is 2.64. The van der Waals surface area contributed by atoms with Crippen molar-refractivity contribution in [2.75, 3.05) is 11.9 Å². The van der Waals surface area contributed by atoms with Gasteiger partial charge in [-0.2, -0.15) is 0 Å². The van der Waals surface area contributed by atoms with Gasteiger partial charge in [0.05, 0.1) is 0 Å². The van der Waals surface area contributed by atoms with Gasteiger partial charge in [0.1, 0.15) is 29.0 Å². The third-order valence-corrected chi connectivity index (χ3v) is 8.49. The number of anilines is 1. The summed E-state index contributed by atoms with van der Waals surface area (Å²) in [7, 11) is 0. The first-order chi connectivity index (χ1) is 15.5. The molecule has 33 heavy (non-hydrogen) atoms. The van der Waals surface area contributed by atoms with Gasteiger partial charge in [-0.1, -0.05) is 26.0 Å². The third-order valence-electron chi connectivity index (χ3n) is 8.49. The molecule has 5 heterocycles. The van der Waals surface area contributed by atoms with Crippen LogP contribution in [0.25, 0.3) is 6.08 Å². The molecule has 174 valence electrons. The fourth-order valence-corrected chi connectivity index (χ4v) is 6.79. The molecule has 0 aromatic heterocycles. The minimum absolute atomic E-state index is 0.0644. The van der Waals surface area contributed by atoms with Crippen LogP contribution in [-0.4, -0.2) is 56.6 Å². The monoisotopic (exact) mass is 449 g/mol. The number of rotatable bonds is 2. The van der Waals surface area contributed by atoms with Crippen LogP contribution in [0.2, 0.25) is 0 Å². The molecule has 0 bridgehead atoms. The highest BCUT2D eigenvalue weighted by atomic mass is 16.5. The first kappa shape index (κ1) is 20.8. The molecule has 5 aliphatic heterocycles. The number of ether oxygens (including phenoxy) is 1. The number of hydrogen-bond donors (Lipinski definition) is 2. The number of piperazine rings is 1. The van der Waals surface area contributed by atoms with E-state index in [1.807, 2.05) is 52.0 Å². The Morgan fingerprint density at radius 3 is 2.73 bits per heavy atom. The maximum atomic E-state index is 13.9. The summed E-state index contributed by atoms with van der Waals surface area (Å²) in [6.45, 7) is 12.6. The first-order valence-corrected chi connectivity index (χ1v) is 11.8. The van der Waals surface area contributed by atoms with E-state index in [1.165, 1.54) is 0 Å². The minimum Gasteiger partial charge on any atom is -0.483 e. The Kier molecular flexibility index (Phi) is 3.78. The van der Waals surface area contributed by atoms with Crippen molar-refractivity contribution in [3.8, 4) is 5.75 Å².